The first-order valence-electron chi connectivity index (χ1n) is 14.6. The van der Waals surface area contributed by atoms with Gasteiger partial charge in [0, 0.05) is 44.4 Å². The number of Topliss-reactive ketones (excluding diaryl/α,β-unsaturated/α-hetero) is 1. The fourth-order valence-electron chi connectivity index (χ4n) is 4.84. The molecular weight excluding hydrogens is 551 g/mol. The number of benzene rings is 1. The normalized spacial score (nSPS) is 13.9. The molecule has 1 amide bonds. The zero-order valence-electron chi connectivity index (χ0n) is 24.3. The van der Waals surface area contributed by atoms with Gasteiger partial charge in [-0.05, 0) is 66.5 Å². The highest BCUT2D eigenvalue weighted by molar-refractivity contribution is 7.22. The Morgan fingerprint density at radius 2 is 1.88 bits per heavy atom. The summed E-state index contributed by atoms with van der Waals surface area (Å²) >= 11 is 1.47. The van der Waals surface area contributed by atoms with Crippen LogP contribution in [0.15, 0.2) is 54.9 Å². The van der Waals surface area contributed by atoms with Crippen LogP contribution in [0, 0.1) is 17.7 Å². The summed E-state index contributed by atoms with van der Waals surface area (Å²) in [4.78, 5) is 36.9. The third-order valence-electron chi connectivity index (χ3n) is 7.47. The molecule has 7 nitrogen and oxygen atoms in total. The van der Waals surface area contributed by atoms with Gasteiger partial charge in [-0.15, -0.1) is 11.3 Å². The molecule has 1 atom stereocenters. The molecule has 3 aromatic heterocycles. The minimum Gasteiger partial charge on any atom is -0.453 e. The summed E-state index contributed by atoms with van der Waals surface area (Å²) < 4.78 is 21.7. The number of nitrogens with two attached hydrogens (primary N) is 1. The molecule has 0 radical (unpaired) electrons. The maximum absolute atomic E-state index is 15.0. The van der Waals surface area contributed by atoms with Crippen LogP contribution in [-0.2, 0) is 22.6 Å². The number of ether oxygens (including phenoxy) is 1. The predicted molar refractivity (Wildman–Crippen MR) is 164 cm³/mol. The first-order chi connectivity index (χ1) is 20.2. The second kappa shape index (κ2) is 13.1. The Bertz CT molecular complexity index is 1570. The molecule has 0 saturated heterocycles. The number of pyridine rings is 2. The molecular formula is C33H37FN4O3S. The molecule has 220 valence electrons. The molecule has 1 saturated carbocycles. The van der Waals surface area contributed by atoms with E-state index in [1.54, 1.807) is 35.5 Å². The Balaban J connectivity index is 1.30. The number of carbonyl (C=O) groups excluding carboxylic acids is 2. The van der Waals surface area contributed by atoms with Crippen LogP contribution in [0.4, 0.5) is 4.39 Å². The van der Waals surface area contributed by atoms with E-state index in [4.69, 9.17) is 10.5 Å². The third kappa shape index (κ3) is 7.20. The van der Waals surface area contributed by atoms with E-state index in [1.807, 2.05) is 39.0 Å². The van der Waals surface area contributed by atoms with E-state index in [1.165, 1.54) is 17.4 Å². The number of carbonyl (C=O) groups is 2. The Kier molecular flexibility index (Phi) is 9.28. The van der Waals surface area contributed by atoms with Gasteiger partial charge in [-0.2, -0.15) is 0 Å². The zero-order chi connectivity index (χ0) is 29.8. The van der Waals surface area contributed by atoms with Gasteiger partial charge in [0.1, 0.15) is 11.5 Å². The van der Waals surface area contributed by atoms with Crippen molar-refractivity contribution in [1.82, 2.24) is 14.9 Å². The Morgan fingerprint density at radius 1 is 1.10 bits per heavy atom. The van der Waals surface area contributed by atoms with Gasteiger partial charge in [0.15, 0.2) is 11.6 Å². The zero-order valence-corrected chi connectivity index (χ0v) is 25.1. The summed E-state index contributed by atoms with van der Waals surface area (Å²) in [5.74, 6) is 0.778. The van der Waals surface area contributed by atoms with Crippen molar-refractivity contribution >= 4 is 33.2 Å². The highest BCUT2D eigenvalue weighted by atomic mass is 32.1. The molecule has 1 aliphatic carbocycles. The predicted octanol–water partition coefficient (Wildman–Crippen LogP) is 6.92. The molecule has 1 fully saturated rings. The van der Waals surface area contributed by atoms with Crippen LogP contribution in [-0.4, -0.2) is 39.1 Å². The van der Waals surface area contributed by atoms with E-state index in [-0.39, 0.29) is 29.8 Å². The van der Waals surface area contributed by atoms with Gasteiger partial charge in [-0.1, -0.05) is 32.9 Å². The van der Waals surface area contributed by atoms with E-state index in [2.05, 4.69) is 9.97 Å². The highest BCUT2D eigenvalue weighted by Crippen LogP contribution is 2.39. The number of thiophene rings is 1. The molecule has 1 aliphatic rings. The minimum absolute atomic E-state index is 0.0489. The summed E-state index contributed by atoms with van der Waals surface area (Å²) in [6, 6.07) is 11.7. The van der Waals surface area contributed by atoms with Crippen molar-refractivity contribution in [2.24, 2.45) is 17.6 Å². The van der Waals surface area contributed by atoms with Gasteiger partial charge in [0.05, 0.1) is 26.8 Å². The molecule has 0 unspecified atom stereocenters. The Hall–Kier alpha value is -3.69. The molecule has 42 heavy (non-hydrogen) atoms. The summed E-state index contributed by atoms with van der Waals surface area (Å²) in [5.41, 5.74) is 9.21. The maximum atomic E-state index is 15.0. The van der Waals surface area contributed by atoms with Crippen molar-refractivity contribution < 1.29 is 18.7 Å². The van der Waals surface area contributed by atoms with Crippen LogP contribution in [0.25, 0.3) is 20.8 Å². The standard InChI is InChI=1S/C33H37FN4O3S/c1-4-13-38(33(40)31(35)20(2)3)19-23-7-9-26(37-18-23)30-17-27-32(42-30)29(11-12-36-27)41-28-10-8-22(16-25(28)34)15-24(39)14-21-5-6-21/h7-12,16-18,20-21,31H,4-6,13-15,19,35H2,1-3H3/t31-/m0/s1. The first kappa shape index (κ1) is 29.8. The van der Waals surface area contributed by atoms with Crippen molar-refractivity contribution in [2.45, 2.75) is 65.5 Å². The van der Waals surface area contributed by atoms with Gasteiger partial charge in [-0.25, -0.2) is 4.39 Å². The molecule has 0 spiro atoms. The Labute approximate surface area is 249 Å². The van der Waals surface area contributed by atoms with Crippen LogP contribution < -0.4 is 10.5 Å². The van der Waals surface area contributed by atoms with Gasteiger partial charge in [0.2, 0.25) is 5.91 Å². The van der Waals surface area contributed by atoms with E-state index in [0.29, 0.717) is 36.7 Å². The van der Waals surface area contributed by atoms with Gasteiger partial charge >= 0.3 is 0 Å². The number of fused-ring (bicyclic) bond motifs is 1. The van der Waals surface area contributed by atoms with Crippen LogP contribution in [0.3, 0.4) is 0 Å². The quantitative estimate of drug-likeness (QED) is 0.182. The number of rotatable bonds is 13. The van der Waals surface area contributed by atoms with Crippen molar-refractivity contribution in [1.29, 1.82) is 0 Å². The van der Waals surface area contributed by atoms with Crippen LogP contribution >= 0.6 is 11.3 Å². The molecule has 3 heterocycles. The fraction of sp³-hybridized carbons (Fsp3) is 0.394. The second-order valence-corrected chi connectivity index (χ2v) is 12.5. The molecule has 9 heteroatoms. The summed E-state index contributed by atoms with van der Waals surface area (Å²) in [5, 5.41) is 0. The summed E-state index contributed by atoms with van der Waals surface area (Å²) in [6.45, 7) is 7.02. The molecule has 0 aliphatic heterocycles. The molecule has 5 rings (SSSR count). The average Bonchev–Trinajstić information content (AvgIpc) is 3.67. The van der Waals surface area contributed by atoms with E-state index in [0.717, 1.165) is 45.6 Å². The van der Waals surface area contributed by atoms with Crippen LogP contribution in [0.1, 0.15) is 57.6 Å². The fourth-order valence-corrected chi connectivity index (χ4v) is 5.88. The molecule has 0 bridgehead atoms. The number of nitrogens with zero attached hydrogens (tertiary/aromatic N) is 3. The van der Waals surface area contributed by atoms with Crippen LogP contribution in [0.2, 0.25) is 0 Å². The lowest BCUT2D eigenvalue weighted by atomic mass is 10.0. The first-order valence-corrected chi connectivity index (χ1v) is 15.4. The molecule has 1 aromatic carbocycles. The van der Waals surface area contributed by atoms with Crippen molar-refractivity contribution in [3.05, 3.63) is 71.8 Å². The number of aromatic nitrogens is 2. The lowest BCUT2D eigenvalue weighted by molar-refractivity contribution is -0.134. The lowest BCUT2D eigenvalue weighted by Gasteiger charge is -2.27. The van der Waals surface area contributed by atoms with Gasteiger partial charge in [-0.3, -0.25) is 19.6 Å². The number of ketones is 1. The average molecular weight is 589 g/mol. The number of hydrogen-bond acceptors (Lipinski definition) is 7. The van der Waals surface area contributed by atoms with Crippen molar-refractivity contribution in [3.63, 3.8) is 0 Å². The third-order valence-corrected chi connectivity index (χ3v) is 8.63. The molecule has 2 N–H and O–H groups in total. The lowest BCUT2D eigenvalue weighted by Crippen LogP contribution is -2.46. The van der Waals surface area contributed by atoms with Gasteiger partial charge < -0.3 is 15.4 Å². The van der Waals surface area contributed by atoms with E-state index < -0.39 is 11.9 Å². The van der Waals surface area contributed by atoms with Crippen molar-refractivity contribution in [2.75, 3.05) is 6.54 Å². The smallest absolute Gasteiger partial charge is 0.240 e. The number of hydrogen-bond donors (Lipinski definition) is 1. The van der Waals surface area contributed by atoms with Crippen LogP contribution in [0.5, 0.6) is 11.5 Å². The number of halogens is 1. The van der Waals surface area contributed by atoms with Gasteiger partial charge in [0.25, 0.3) is 0 Å². The minimum atomic E-state index is -0.529. The monoisotopic (exact) mass is 588 g/mol. The largest absolute Gasteiger partial charge is 0.453 e. The Morgan fingerprint density at radius 3 is 2.55 bits per heavy atom. The maximum Gasteiger partial charge on any atom is 0.240 e. The highest BCUT2D eigenvalue weighted by Gasteiger charge is 2.25. The topological polar surface area (TPSA) is 98.4 Å². The SMILES string of the molecule is CCCN(Cc1ccc(-c2cc3nccc(Oc4ccc(CC(=O)CC5CC5)cc4F)c3s2)nc1)C(=O)[C@@H](N)C(C)C. The van der Waals surface area contributed by atoms with E-state index >= 15 is 0 Å². The van der Waals surface area contributed by atoms with Crippen molar-refractivity contribution in [3.8, 4) is 22.1 Å². The summed E-state index contributed by atoms with van der Waals surface area (Å²) in [7, 11) is 0. The summed E-state index contributed by atoms with van der Waals surface area (Å²) in [6.07, 6.45) is 7.32. The number of amides is 1. The second-order valence-electron chi connectivity index (χ2n) is 11.4. The molecule has 4 aromatic rings. The van der Waals surface area contributed by atoms with E-state index in [9.17, 15) is 14.0 Å².